The number of hydrogen-bond acceptors (Lipinski definition) is 3. The third-order valence-corrected chi connectivity index (χ3v) is 4.56. The highest BCUT2D eigenvalue weighted by Gasteiger charge is 2.55. The van der Waals surface area contributed by atoms with E-state index < -0.39 is 11.0 Å². The molecule has 0 amide bonds. The molecule has 0 spiro atoms. The summed E-state index contributed by atoms with van der Waals surface area (Å²) in [7, 11) is 0. The first-order chi connectivity index (χ1) is 8.77. The van der Waals surface area contributed by atoms with Crippen LogP contribution in [0.2, 0.25) is 0 Å². The number of hydrogen-bond donors (Lipinski definition) is 0. The third kappa shape index (κ3) is 1.33. The van der Waals surface area contributed by atoms with E-state index >= 15 is 0 Å². The Labute approximate surface area is 112 Å². The summed E-state index contributed by atoms with van der Waals surface area (Å²) < 4.78 is 5.82. The van der Waals surface area contributed by atoms with E-state index in [0.717, 1.165) is 0 Å². The van der Waals surface area contributed by atoms with Gasteiger partial charge >= 0.3 is 0 Å². The average molecular weight is 256 g/mol. The highest BCUT2D eigenvalue weighted by Crippen LogP contribution is 2.52. The van der Waals surface area contributed by atoms with Gasteiger partial charge in [0.1, 0.15) is 5.60 Å². The molecular formula is C16H16O3. The van der Waals surface area contributed by atoms with Gasteiger partial charge in [-0.3, -0.25) is 9.59 Å². The molecule has 98 valence electrons. The van der Waals surface area contributed by atoms with E-state index in [2.05, 4.69) is 0 Å². The normalized spacial score (nSPS) is 22.9. The van der Waals surface area contributed by atoms with Gasteiger partial charge in [-0.2, -0.15) is 0 Å². The topological polar surface area (TPSA) is 43.4 Å². The van der Waals surface area contributed by atoms with Crippen LogP contribution in [0.25, 0.3) is 0 Å². The fourth-order valence-electron chi connectivity index (χ4n) is 2.70. The number of carbonyl (C=O) groups is 2. The van der Waals surface area contributed by atoms with Crippen LogP contribution in [0.4, 0.5) is 0 Å². The van der Waals surface area contributed by atoms with Gasteiger partial charge in [0.15, 0.2) is 11.5 Å². The molecule has 1 aromatic rings. The number of carbonyl (C=O) groups excluding carboxylic acids is 2. The monoisotopic (exact) mass is 256 g/mol. The molecular weight excluding hydrogens is 240 g/mol. The molecule has 3 nitrogen and oxygen atoms in total. The molecule has 1 aromatic carbocycles. The molecule has 0 unspecified atom stereocenters. The van der Waals surface area contributed by atoms with Crippen LogP contribution in [0, 0.1) is 5.41 Å². The van der Waals surface area contributed by atoms with Gasteiger partial charge in [-0.25, -0.2) is 0 Å². The van der Waals surface area contributed by atoms with Gasteiger partial charge in [-0.15, -0.1) is 0 Å². The largest absolute Gasteiger partial charge is 0.482 e. The minimum atomic E-state index is -0.564. The van der Waals surface area contributed by atoms with Crippen LogP contribution in [0.3, 0.4) is 0 Å². The molecule has 0 atom stereocenters. The lowest BCUT2D eigenvalue weighted by molar-refractivity contribution is -0.00750. The number of Topliss-reactive ketones (excluding diaryl/α,β-unsaturated/α-hetero) is 2. The predicted molar refractivity (Wildman–Crippen MR) is 71.1 cm³/mol. The maximum Gasteiger partial charge on any atom is 0.228 e. The van der Waals surface area contributed by atoms with Crippen LogP contribution in [0.15, 0.2) is 35.6 Å². The van der Waals surface area contributed by atoms with Crippen LogP contribution >= 0.6 is 0 Å². The molecule has 0 saturated heterocycles. The first-order valence-electron chi connectivity index (χ1n) is 6.39. The maximum atomic E-state index is 12.7. The van der Waals surface area contributed by atoms with E-state index in [9.17, 15) is 9.59 Å². The second kappa shape index (κ2) is 3.35. The van der Waals surface area contributed by atoms with Gasteiger partial charge in [0, 0.05) is 16.5 Å². The Kier molecular flexibility index (Phi) is 2.14. The minimum absolute atomic E-state index is 0.0826. The lowest BCUT2D eigenvalue weighted by atomic mass is 9.69. The van der Waals surface area contributed by atoms with E-state index in [0.29, 0.717) is 16.7 Å². The number of fused-ring (bicyclic) bond motifs is 1. The molecule has 0 aromatic heterocycles. The molecule has 3 heteroatoms. The van der Waals surface area contributed by atoms with Crippen molar-refractivity contribution >= 4 is 11.6 Å². The Hall–Kier alpha value is -1.90. The predicted octanol–water partition coefficient (Wildman–Crippen LogP) is 3.15. The molecule has 0 radical (unpaired) electrons. The zero-order valence-electron chi connectivity index (χ0n) is 11.5. The van der Waals surface area contributed by atoms with Crippen molar-refractivity contribution in [3.05, 3.63) is 46.7 Å². The molecule has 19 heavy (non-hydrogen) atoms. The van der Waals surface area contributed by atoms with Crippen LogP contribution in [0.1, 0.15) is 48.4 Å². The maximum absolute atomic E-state index is 12.7. The van der Waals surface area contributed by atoms with E-state index in [1.165, 1.54) is 0 Å². The third-order valence-electron chi connectivity index (χ3n) is 4.56. The molecule has 1 aliphatic heterocycles. The molecule has 0 saturated carbocycles. The number of ketones is 2. The van der Waals surface area contributed by atoms with Crippen LogP contribution in [-0.4, -0.2) is 17.2 Å². The van der Waals surface area contributed by atoms with Gasteiger partial charge in [0.05, 0.1) is 5.57 Å². The van der Waals surface area contributed by atoms with Gasteiger partial charge < -0.3 is 4.74 Å². The SMILES string of the molecule is CC1(C)OC2=C(C(=O)c3ccccc3C2=O)C1(C)C. The highest BCUT2D eigenvalue weighted by molar-refractivity contribution is 6.27. The van der Waals surface area contributed by atoms with Crippen LogP contribution < -0.4 is 0 Å². The summed E-state index contributed by atoms with van der Waals surface area (Å²) in [5.41, 5.74) is 0.398. The van der Waals surface area contributed by atoms with Crippen molar-refractivity contribution in [2.24, 2.45) is 5.41 Å². The van der Waals surface area contributed by atoms with Crippen molar-refractivity contribution in [1.82, 2.24) is 0 Å². The van der Waals surface area contributed by atoms with Crippen LogP contribution in [0.5, 0.6) is 0 Å². The summed E-state index contributed by atoms with van der Waals surface area (Å²) in [6.45, 7) is 7.73. The number of allylic oxidation sites excluding steroid dienone is 1. The van der Waals surface area contributed by atoms with Crippen molar-refractivity contribution in [1.29, 1.82) is 0 Å². The summed E-state index contributed by atoms with van der Waals surface area (Å²) >= 11 is 0. The Morgan fingerprint density at radius 1 is 0.895 bits per heavy atom. The minimum Gasteiger partial charge on any atom is -0.482 e. The smallest absolute Gasteiger partial charge is 0.228 e. The Morgan fingerprint density at radius 3 is 2.00 bits per heavy atom. The molecule has 0 bridgehead atoms. The van der Waals surface area contributed by atoms with Crippen molar-refractivity contribution in [2.45, 2.75) is 33.3 Å². The first kappa shape index (κ1) is 12.2. The van der Waals surface area contributed by atoms with Crippen molar-refractivity contribution in [3.63, 3.8) is 0 Å². The molecule has 2 aliphatic rings. The first-order valence-corrected chi connectivity index (χ1v) is 6.39. The highest BCUT2D eigenvalue weighted by atomic mass is 16.5. The quantitative estimate of drug-likeness (QED) is 0.716. The molecule has 0 fully saturated rings. The molecule has 1 aliphatic carbocycles. The van der Waals surface area contributed by atoms with Gasteiger partial charge in [-0.1, -0.05) is 38.1 Å². The van der Waals surface area contributed by atoms with E-state index in [1.54, 1.807) is 24.3 Å². The summed E-state index contributed by atoms with van der Waals surface area (Å²) in [6.07, 6.45) is 0. The molecule has 0 N–H and O–H groups in total. The van der Waals surface area contributed by atoms with Gasteiger partial charge in [-0.05, 0) is 13.8 Å². The fraction of sp³-hybridized carbons (Fsp3) is 0.375. The standard InChI is InChI=1S/C16H16O3/c1-15(2)11-12(17)9-7-5-6-8-10(9)13(18)14(11)19-16(15,3)4/h5-8H,1-4H3. The van der Waals surface area contributed by atoms with E-state index in [4.69, 9.17) is 4.74 Å². The van der Waals surface area contributed by atoms with Crippen molar-refractivity contribution in [2.75, 3.05) is 0 Å². The number of rotatable bonds is 0. The fourth-order valence-corrected chi connectivity index (χ4v) is 2.70. The molecule has 1 heterocycles. The van der Waals surface area contributed by atoms with Gasteiger partial charge in [0.25, 0.3) is 0 Å². The number of benzene rings is 1. The lowest BCUT2D eigenvalue weighted by Crippen LogP contribution is -2.39. The Bertz CT molecular complexity index is 648. The lowest BCUT2D eigenvalue weighted by Gasteiger charge is -2.34. The van der Waals surface area contributed by atoms with Gasteiger partial charge in [0.2, 0.25) is 5.78 Å². The van der Waals surface area contributed by atoms with E-state index in [1.807, 2.05) is 27.7 Å². The summed E-state index contributed by atoms with van der Waals surface area (Å²) in [4.78, 5) is 25.1. The zero-order valence-corrected chi connectivity index (χ0v) is 11.5. The van der Waals surface area contributed by atoms with Crippen molar-refractivity contribution < 1.29 is 14.3 Å². The average Bonchev–Trinajstić information content (AvgIpc) is 2.53. The Balaban J connectivity index is 2.27. The second-order valence-corrected chi connectivity index (χ2v) is 6.15. The second-order valence-electron chi connectivity index (χ2n) is 6.15. The molecule has 3 rings (SSSR count). The summed E-state index contributed by atoms with van der Waals surface area (Å²) in [5.74, 6) is -0.0247. The van der Waals surface area contributed by atoms with Crippen molar-refractivity contribution in [3.8, 4) is 0 Å². The van der Waals surface area contributed by atoms with E-state index in [-0.39, 0.29) is 17.3 Å². The zero-order chi connectivity index (χ0) is 14.0. The summed E-state index contributed by atoms with van der Waals surface area (Å²) in [5, 5.41) is 0. The summed E-state index contributed by atoms with van der Waals surface area (Å²) in [6, 6.07) is 6.94. The Morgan fingerprint density at radius 2 is 1.42 bits per heavy atom. The number of ether oxygens (including phenoxy) is 1. The van der Waals surface area contributed by atoms with Crippen LogP contribution in [-0.2, 0) is 4.74 Å².